The van der Waals surface area contributed by atoms with Crippen molar-refractivity contribution in [3.63, 3.8) is 0 Å². The van der Waals surface area contributed by atoms with Gasteiger partial charge in [-0.25, -0.2) is 0 Å². The molecule has 0 saturated heterocycles. The summed E-state index contributed by atoms with van der Waals surface area (Å²) in [7, 11) is 0. The number of rotatable bonds is 14. The lowest BCUT2D eigenvalue weighted by molar-refractivity contribution is -0.115. The van der Waals surface area contributed by atoms with Gasteiger partial charge in [0.1, 0.15) is 11.6 Å². The van der Waals surface area contributed by atoms with Crippen LogP contribution < -0.4 is 4.72 Å². The first-order valence-corrected chi connectivity index (χ1v) is 17.1. The summed E-state index contributed by atoms with van der Waals surface area (Å²) in [6.07, 6.45) is 11.0. The zero-order valence-electron chi connectivity index (χ0n) is 27.0. The molecule has 44 heavy (non-hydrogen) atoms. The summed E-state index contributed by atoms with van der Waals surface area (Å²) in [5.41, 5.74) is 5.39. The third-order valence-corrected chi connectivity index (χ3v) is 10.1. The number of hydrogen-bond acceptors (Lipinski definition) is 7. The molecule has 0 bridgehead atoms. The highest BCUT2D eigenvalue weighted by molar-refractivity contribution is 8.00. The van der Waals surface area contributed by atoms with Gasteiger partial charge < -0.3 is 14.0 Å². The molecule has 2 saturated carbocycles. The number of anilines is 1. The van der Waals surface area contributed by atoms with Crippen LogP contribution in [0.25, 0.3) is 11.1 Å². The zero-order chi connectivity index (χ0) is 31.1. The van der Waals surface area contributed by atoms with Crippen LogP contribution in [0.3, 0.4) is 0 Å². The smallest absolute Gasteiger partial charge is 0.215 e. The highest BCUT2D eigenvalue weighted by Gasteiger charge is 2.33. The molecular formula is C36H48N4O3S. The van der Waals surface area contributed by atoms with E-state index in [0.29, 0.717) is 25.2 Å². The van der Waals surface area contributed by atoms with E-state index in [9.17, 15) is 4.79 Å². The van der Waals surface area contributed by atoms with Crippen LogP contribution in [0.1, 0.15) is 101 Å². The van der Waals surface area contributed by atoms with Crippen LogP contribution in [0.15, 0.2) is 56.9 Å². The normalized spacial score (nSPS) is 20.5. The topological polar surface area (TPSA) is 80.0 Å². The van der Waals surface area contributed by atoms with Crippen molar-refractivity contribution in [3.8, 4) is 11.1 Å². The quantitative estimate of drug-likeness (QED) is 0.0842. The number of carbonyl (C=O) groups excluding carboxylic acids is 1. The lowest BCUT2D eigenvalue weighted by Crippen LogP contribution is -2.33. The van der Waals surface area contributed by atoms with E-state index in [0.717, 1.165) is 101 Å². The Labute approximate surface area is 267 Å². The van der Waals surface area contributed by atoms with Crippen LogP contribution in [-0.4, -0.2) is 33.9 Å². The maximum absolute atomic E-state index is 12.5. The highest BCUT2D eigenvalue weighted by atomic mass is 32.2. The molecule has 1 aromatic heterocycles. The lowest BCUT2D eigenvalue weighted by atomic mass is 9.95. The first kappa shape index (κ1) is 32.3. The number of amidine groups is 1. The number of unbranched alkanes of at least 4 members (excludes halogenated alkanes) is 1. The maximum Gasteiger partial charge on any atom is 0.215 e. The van der Waals surface area contributed by atoms with Gasteiger partial charge in [0.05, 0.1) is 24.8 Å². The number of ether oxygens (including phenoxy) is 1. The Morgan fingerprint density at radius 3 is 2.68 bits per heavy atom. The Morgan fingerprint density at radius 1 is 1.20 bits per heavy atom. The van der Waals surface area contributed by atoms with Gasteiger partial charge in [-0.1, -0.05) is 61.8 Å². The number of aromatic nitrogens is 1. The minimum Gasteiger partial charge on any atom is -0.374 e. The third kappa shape index (κ3) is 7.94. The first-order chi connectivity index (χ1) is 21.3. The van der Waals surface area contributed by atoms with E-state index in [1.165, 1.54) is 24.8 Å². The average Bonchev–Trinajstić information content (AvgIpc) is 3.51. The van der Waals surface area contributed by atoms with Crippen LogP contribution in [-0.2, 0) is 22.7 Å². The third-order valence-electron chi connectivity index (χ3n) is 9.22. The van der Waals surface area contributed by atoms with Crippen molar-refractivity contribution in [2.24, 2.45) is 10.9 Å². The SMILES string of the molecule is CCCC/C(=N/C1(C)CCC(C)C1)N(C=O)Cc1ccc(-c2ccccc2SNc2noc(C)c2C)c(COC2CCC2)c1. The summed E-state index contributed by atoms with van der Waals surface area (Å²) in [5.74, 6) is 3.14. The minimum absolute atomic E-state index is 0.0893. The molecule has 236 valence electrons. The van der Waals surface area contributed by atoms with E-state index >= 15 is 0 Å². The second kappa shape index (κ2) is 14.8. The van der Waals surface area contributed by atoms with Crippen LogP contribution in [0.2, 0.25) is 0 Å². The van der Waals surface area contributed by atoms with Crippen LogP contribution in [0.5, 0.6) is 0 Å². The fourth-order valence-corrected chi connectivity index (χ4v) is 7.01. The van der Waals surface area contributed by atoms with E-state index in [1.54, 1.807) is 0 Å². The predicted molar refractivity (Wildman–Crippen MR) is 180 cm³/mol. The Kier molecular flexibility index (Phi) is 10.9. The molecule has 0 spiro atoms. The number of nitrogens with one attached hydrogen (secondary N) is 1. The second-order valence-corrected chi connectivity index (χ2v) is 13.8. The summed E-state index contributed by atoms with van der Waals surface area (Å²) in [4.78, 5) is 20.7. The largest absolute Gasteiger partial charge is 0.374 e. The van der Waals surface area contributed by atoms with E-state index < -0.39 is 0 Å². The number of amides is 1. The maximum atomic E-state index is 12.5. The van der Waals surface area contributed by atoms with Gasteiger partial charge in [0.15, 0.2) is 5.82 Å². The fraction of sp³-hybridized carbons (Fsp3) is 0.528. The standard InChI is InChI=1S/C36H48N4O3S/c1-6-7-15-34(37-36(5)19-18-25(2)21-36)40(24-41)22-28-16-17-31(29(20-28)23-42-30-11-10-12-30)32-13-8-9-14-33(32)44-39-35-26(3)27(4)43-38-35/h8-9,13-14,16-17,20,24-25,30H,6-7,10-12,15,18-19,21-23H2,1-5H3,(H,38,39)/b37-34-. The predicted octanol–water partition coefficient (Wildman–Crippen LogP) is 9.27. The monoisotopic (exact) mass is 616 g/mol. The Balaban J connectivity index is 1.42. The Morgan fingerprint density at radius 2 is 2.02 bits per heavy atom. The van der Waals surface area contributed by atoms with Gasteiger partial charge in [-0.15, -0.1) is 0 Å². The minimum atomic E-state index is -0.0893. The van der Waals surface area contributed by atoms with Crippen molar-refractivity contribution in [3.05, 3.63) is 64.9 Å². The molecule has 2 aromatic carbocycles. The van der Waals surface area contributed by atoms with Gasteiger partial charge >= 0.3 is 0 Å². The van der Waals surface area contributed by atoms with Crippen molar-refractivity contribution >= 4 is 30.0 Å². The number of nitrogens with zero attached hydrogens (tertiary/aromatic N) is 3. The molecule has 2 fully saturated rings. The van der Waals surface area contributed by atoms with Gasteiger partial charge in [0.2, 0.25) is 6.41 Å². The number of aliphatic imine (C=N–C) groups is 1. The fourth-order valence-electron chi connectivity index (χ4n) is 6.18. The van der Waals surface area contributed by atoms with Crippen LogP contribution in [0, 0.1) is 19.8 Å². The molecule has 2 atom stereocenters. The average molecular weight is 617 g/mol. The van der Waals surface area contributed by atoms with Gasteiger partial charge in [-0.3, -0.25) is 14.7 Å². The summed E-state index contributed by atoms with van der Waals surface area (Å²) < 4.78 is 15.1. The molecule has 1 heterocycles. The molecule has 0 aliphatic heterocycles. The molecule has 5 rings (SSSR count). The first-order valence-electron chi connectivity index (χ1n) is 16.3. The molecule has 8 heteroatoms. The van der Waals surface area contributed by atoms with E-state index in [2.05, 4.69) is 73.1 Å². The highest BCUT2D eigenvalue weighted by Crippen LogP contribution is 2.38. The van der Waals surface area contributed by atoms with Gasteiger partial charge in [0.25, 0.3) is 0 Å². The number of aryl methyl sites for hydroxylation is 1. The van der Waals surface area contributed by atoms with Crippen molar-refractivity contribution in [2.75, 3.05) is 4.72 Å². The van der Waals surface area contributed by atoms with Crippen molar-refractivity contribution in [2.45, 2.75) is 122 Å². The molecule has 2 unspecified atom stereocenters. The molecule has 1 N–H and O–H groups in total. The van der Waals surface area contributed by atoms with Crippen LogP contribution >= 0.6 is 11.9 Å². The lowest BCUT2D eigenvalue weighted by Gasteiger charge is -2.27. The molecule has 1 amide bonds. The molecule has 7 nitrogen and oxygen atoms in total. The number of hydrogen-bond donors (Lipinski definition) is 1. The second-order valence-electron chi connectivity index (χ2n) is 13.0. The zero-order valence-corrected chi connectivity index (χ0v) is 27.8. The van der Waals surface area contributed by atoms with E-state index in [-0.39, 0.29) is 5.54 Å². The molecule has 2 aliphatic rings. The van der Waals surface area contributed by atoms with E-state index in [1.807, 2.05) is 18.7 Å². The van der Waals surface area contributed by atoms with Gasteiger partial charge in [-0.05, 0) is 112 Å². The van der Waals surface area contributed by atoms with Crippen LogP contribution in [0.4, 0.5) is 5.82 Å². The molecule has 2 aliphatic carbocycles. The number of benzene rings is 2. The van der Waals surface area contributed by atoms with Crippen molar-refractivity contribution in [1.82, 2.24) is 10.1 Å². The van der Waals surface area contributed by atoms with Crippen molar-refractivity contribution in [1.29, 1.82) is 0 Å². The van der Waals surface area contributed by atoms with Crippen molar-refractivity contribution < 1.29 is 14.1 Å². The summed E-state index contributed by atoms with van der Waals surface area (Å²) >= 11 is 1.53. The Bertz CT molecular complexity index is 1450. The summed E-state index contributed by atoms with van der Waals surface area (Å²) in [5, 5.41) is 4.17. The summed E-state index contributed by atoms with van der Waals surface area (Å²) in [6.45, 7) is 11.7. The molecular weight excluding hydrogens is 568 g/mol. The van der Waals surface area contributed by atoms with Gasteiger partial charge in [-0.2, -0.15) is 0 Å². The Hall–Kier alpha value is -3.10. The van der Waals surface area contributed by atoms with E-state index in [4.69, 9.17) is 14.3 Å². The molecule has 0 radical (unpaired) electrons. The number of carbonyl (C=O) groups is 1. The van der Waals surface area contributed by atoms with Gasteiger partial charge in [0, 0.05) is 16.9 Å². The summed E-state index contributed by atoms with van der Waals surface area (Å²) in [6, 6.07) is 15.0. The molecule has 3 aromatic rings.